The lowest BCUT2D eigenvalue weighted by Gasteiger charge is -2.09. The number of hydrogen-bond donors (Lipinski definition) is 2. The number of ketones is 1. The molecule has 6 nitrogen and oxygen atoms in total. The number of nitrogen functional groups attached to an aromatic ring is 1. The summed E-state index contributed by atoms with van der Waals surface area (Å²) in [5.74, 6) is 0.305. The Morgan fingerprint density at radius 2 is 2.08 bits per heavy atom. The van der Waals surface area contributed by atoms with Gasteiger partial charge in [0.25, 0.3) is 5.35 Å². The number of benzene rings is 1. The molecule has 122 valence electrons. The number of Topliss-reactive ketones (excluding diaryl/α,β-unsaturated/α-hetero) is 1. The number of oxazole rings is 1. The number of halogens is 1. The molecule has 0 bridgehead atoms. The van der Waals surface area contributed by atoms with E-state index in [4.69, 9.17) is 21.8 Å². The first-order chi connectivity index (χ1) is 11.6. The Morgan fingerprint density at radius 1 is 1.25 bits per heavy atom. The smallest absolute Gasteiger partial charge is 0.292 e. The van der Waals surface area contributed by atoms with Crippen LogP contribution in [0.25, 0.3) is 0 Å². The molecule has 0 amide bonds. The monoisotopic (exact) mass is 342 g/mol. The van der Waals surface area contributed by atoms with Crippen molar-refractivity contribution >= 4 is 28.9 Å². The van der Waals surface area contributed by atoms with Gasteiger partial charge in [0.2, 0.25) is 0 Å². The zero-order valence-electron chi connectivity index (χ0n) is 12.7. The van der Waals surface area contributed by atoms with Crippen molar-refractivity contribution in [2.24, 2.45) is 0 Å². The van der Waals surface area contributed by atoms with E-state index >= 15 is 0 Å². The highest BCUT2D eigenvalue weighted by Crippen LogP contribution is 2.16. The fourth-order valence-corrected chi connectivity index (χ4v) is 2.41. The third-order valence-corrected chi connectivity index (χ3v) is 3.61. The molecule has 0 atom stereocenters. The van der Waals surface area contributed by atoms with Crippen LogP contribution in [0, 0.1) is 0 Å². The summed E-state index contributed by atoms with van der Waals surface area (Å²) in [6.07, 6.45) is 3.13. The molecule has 2 aromatic heterocycles. The molecule has 1 aromatic carbocycles. The average molecular weight is 343 g/mol. The number of hydrogen-bond acceptors (Lipinski definition) is 6. The van der Waals surface area contributed by atoms with E-state index in [1.807, 2.05) is 36.4 Å². The molecule has 0 saturated carbocycles. The second-order valence-electron chi connectivity index (χ2n) is 5.20. The average Bonchev–Trinajstić information content (AvgIpc) is 3.01. The predicted octanol–water partition coefficient (Wildman–Crippen LogP) is 3.34. The first kappa shape index (κ1) is 16.0. The Kier molecular flexibility index (Phi) is 4.77. The topological polar surface area (TPSA) is 94.0 Å². The summed E-state index contributed by atoms with van der Waals surface area (Å²) in [4.78, 5) is 20.0. The highest BCUT2D eigenvalue weighted by atomic mass is 35.5. The molecule has 0 fully saturated rings. The summed E-state index contributed by atoms with van der Waals surface area (Å²) in [6.45, 7) is 0.577. The minimum atomic E-state index is -0.146. The van der Waals surface area contributed by atoms with Crippen LogP contribution in [0.4, 0.5) is 11.5 Å². The summed E-state index contributed by atoms with van der Waals surface area (Å²) >= 11 is 5.59. The maximum absolute atomic E-state index is 12.1. The molecule has 0 saturated heterocycles. The van der Waals surface area contributed by atoms with E-state index < -0.39 is 0 Å². The van der Waals surface area contributed by atoms with Gasteiger partial charge in [-0.2, -0.15) is 4.98 Å². The highest BCUT2D eigenvalue weighted by Gasteiger charge is 2.12. The zero-order chi connectivity index (χ0) is 16.9. The van der Waals surface area contributed by atoms with Gasteiger partial charge in [0.15, 0.2) is 5.78 Å². The van der Waals surface area contributed by atoms with Crippen molar-refractivity contribution in [1.82, 2.24) is 9.97 Å². The number of carbonyl (C=O) groups is 1. The van der Waals surface area contributed by atoms with Crippen molar-refractivity contribution in [2.75, 3.05) is 11.1 Å². The normalized spacial score (nSPS) is 10.5. The van der Waals surface area contributed by atoms with Crippen LogP contribution in [-0.2, 0) is 13.0 Å². The van der Waals surface area contributed by atoms with E-state index in [2.05, 4.69) is 15.3 Å². The van der Waals surface area contributed by atoms with Gasteiger partial charge >= 0.3 is 0 Å². The second-order valence-corrected chi connectivity index (χ2v) is 5.52. The number of nitrogens with zero attached hydrogens (tertiary/aromatic N) is 2. The SMILES string of the molecule is Nc1ncccc1NCc1cccc(CC(=O)c2coc(Cl)n2)c1. The van der Waals surface area contributed by atoms with Gasteiger partial charge in [-0.05, 0) is 34.9 Å². The molecule has 24 heavy (non-hydrogen) atoms. The van der Waals surface area contributed by atoms with Crippen molar-refractivity contribution in [3.63, 3.8) is 0 Å². The number of anilines is 2. The lowest BCUT2D eigenvalue weighted by molar-refractivity contribution is 0.0988. The van der Waals surface area contributed by atoms with Gasteiger partial charge in [-0.3, -0.25) is 4.79 Å². The summed E-state index contributed by atoms with van der Waals surface area (Å²) < 4.78 is 4.85. The van der Waals surface area contributed by atoms with Crippen LogP contribution in [0.1, 0.15) is 21.6 Å². The van der Waals surface area contributed by atoms with E-state index in [0.717, 1.165) is 16.8 Å². The lowest BCUT2D eigenvalue weighted by atomic mass is 10.0. The molecule has 3 N–H and O–H groups in total. The van der Waals surface area contributed by atoms with E-state index in [9.17, 15) is 4.79 Å². The quantitative estimate of drug-likeness (QED) is 0.667. The molecule has 0 radical (unpaired) electrons. The number of aromatic nitrogens is 2. The predicted molar refractivity (Wildman–Crippen MR) is 92.0 cm³/mol. The number of nitrogens with one attached hydrogen (secondary N) is 1. The van der Waals surface area contributed by atoms with Crippen molar-refractivity contribution in [3.8, 4) is 0 Å². The third-order valence-electron chi connectivity index (χ3n) is 3.44. The van der Waals surface area contributed by atoms with Crippen LogP contribution in [0.15, 0.2) is 53.3 Å². The van der Waals surface area contributed by atoms with E-state index in [1.165, 1.54) is 6.26 Å². The van der Waals surface area contributed by atoms with Gasteiger partial charge in [0.1, 0.15) is 17.8 Å². The van der Waals surface area contributed by atoms with Crippen molar-refractivity contribution in [1.29, 1.82) is 0 Å². The van der Waals surface area contributed by atoms with Crippen LogP contribution in [0.2, 0.25) is 5.35 Å². The molecule has 0 unspecified atom stereocenters. The van der Waals surface area contributed by atoms with E-state index in [1.54, 1.807) is 6.20 Å². The first-order valence-electron chi connectivity index (χ1n) is 7.28. The van der Waals surface area contributed by atoms with Gasteiger partial charge < -0.3 is 15.5 Å². The van der Waals surface area contributed by atoms with Gasteiger partial charge in [-0.25, -0.2) is 4.98 Å². The largest absolute Gasteiger partial charge is 0.435 e. The van der Waals surface area contributed by atoms with Crippen LogP contribution in [0.3, 0.4) is 0 Å². The molecule has 0 aliphatic carbocycles. The highest BCUT2D eigenvalue weighted by molar-refractivity contribution is 6.27. The zero-order valence-corrected chi connectivity index (χ0v) is 13.5. The maximum Gasteiger partial charge on any atom is 0.292 e. The molecule has 2 heterocycles. The third kappa shape index (κ3) is 3.91. The minimum Gasteiger partial charge on any atom is -0.435 e. The Balaban J connectivity index is 1.66. The van der Waals surface area contributed by atoms with E-state index in [-0.39, 0.29) is 23.2 Å². The van der Waals surface area contributed by atoms with Gasteiger partial charge in [0, 0.05) is 19.2 Å². The Bertz CT molecular complexity index is 863. The van der Waals surface area contributed by atoms with Crippen molar-refractivity contribution < 1.29 is 9.21 Å². The molecular formula is C17H15ClN4O2. The second kappa shape index (κ2) is 7.14. The van der Waals surface area contributed by atoms with Crippen LogP contribution < -0.4 is 11.1 Å². The molecule has 0 spiro atoms. The summed E-state index contributed by atoms with van der Waals surface area (Å²) in [7, 11) is 0. The van der Waals surface area contributed by atoms with Crippen molar-refractivity contribution in [2.45, 2.75) is 13.0 Å². The fraction of sp³-hybridized carbons (Fsp3) is 0.118. The minimum absolute atomic E-state index is 0.0367. The lowest BCUT2D eigenvalue weighted by Crippen LogP contribution is -2.06. The maximum atomic E-state index is 12.1. The Labute approximate surface area is 143 Å². The van der Waals surface area contributed by atoms with Crippen LogP contribution in [-0.4, -0.2) is 15.8 Å². The standard InChI is InChI=1S/C17H15ClN4O2/c18-17-22-14(10-24-17)15(23)8-11-3-1-4-12(7-11)9-21-13-5-2-6-20-16(13)19/h1-7,10,21H,8-9H2,(H2,19,20). The van der Waals surface area contributed by atoms with Gasteiger partial charge in [-0.15, -0.1) is 0 Å². The first-order valence-corrected chi connectivity index (χ1v) is 7.66. The molecule has 3 aromatic rings. The molecule has 0 aliphatic rings. The van der Waals surface area contributed by atoms with Crippen molar-refractivity contribution in [3.05, 3.63) is 71.0 Å². The van der Waals surface area contributed by atoms with Crippen LogP contribution >= 0.6 is 11.6 Å². The number of nitrogens with two attached hydrogens (primary N) is 1. The molecule has 0 aliphatic heterocycles. The number of carbonyl (C=O) groups excluding carboxylic acids is 1. The summed E-state index contributed by atoms with van der Waals surface area (Å²) in [6, 6.07) is 11.4. The molecule has 3 rings (SSSR count). The fourth-order valence-electron chi connectivity index (χ4n) is 2.27. The Hall–Kier alpha value is -2.86. The van der Waals surface area contributed by atoms with Gasteiger partial charge in [0.05, 0.1) is 5.69 Å². The number of rotatable bonds is 6. The van der Waals surface area contributed by atoms with Crippen LogP contribution in [0.5, 0.6) is 0 Å². The Morgan fingerprint density at radius 3 is 2.83 bits per heavy atom. The van der Waals surface area contributed by atoms with Gasteiger partial charge in [-0.1, -0.05) is 24.3 Å². The van der Waals surface area contributed by atoms with E-state index in [0.29, 0.717) is 12.4 Å². The molecular weight excluding hydrogens is 328 g/mol. The number of pyridine rings is 1. The summed E-state index contributed by atoms with van der Waals surface area (Å²) in [5.41, 5.74) is 8.72. The molecule has 7 heteroatoms. The summed E-state index contributed by atoms with van der Waals surface area (Å²) in [5, 5.41) is 3.19.